The Balaban J connectivity index is 2.29. The predicted molar refractivity (Wildman–Crippen MR) is 78.7 cm³/mol. The van der Waals surface area contributed by atoms with Gasteiger partial charge >= 0.3 is 0 Å². The van der Waals surface area contributed by atoms with Crippen molar-refractivity contribution in [1.82, 2.24) is 9.78 Å². The molecule has 0 radical (unpaired) electrons. The average molecular weight is 309 g/mol. The number of nitro groups is 1. The van der Waals surface area contributed by atoms with Gasteiger partial charge in [0.1, 0.15) is 5.02 Å². The molecule has 110 valence electrons. The quantitative estimate of drug-likeness (QED) is 0.697. The highest BCUT2D eigenvalue weighted by atomic mass is 35.5. The van der Waals surface area contributed by atoms with Crippen molar-refractivity contribution in [3.8, 4) is 0 Å². The fourth-order valence-corrected chi connectivity index (χ4v) is 2.19. The highest BCUT2D eigenvalue weighted by Gasteiger charge is 2.17. The third-order valence-electron chi connectivity index (χ3n) is 3.15. The van der Waals surface area contributed by atoms with Crippen molar-refractivity contribution in [3.05, 3.63) is 50.3 Å². The van der Waals surface area contributed by atoms with Crippen molar-refractivity contribution in [2.75, 3.05) is 5.32 Å². The van der Waals surface area contributed by atoms with Gasteiger partial charge in [0.05, 0.1) is 22.0 Å². The molecule has 0 fully saturated rings. The van der Waals surface area contributed by atoms with Crippen molar-refractivity contribution < 1.29 is 9.72 Å². The summed E-state index contributed by atoms with van der Waals surface area (Å²) in [5.41, 5.74) is 2.14. The Hall–Kier alpha value is -2.41. The highest BCUT2D eigenvalue weighted by Crippen LogP contribution is 2.26. The largest absolute Gasteiger partial charge is 0.319 e. The lowest BCUT2D eigenvalue weighted by Gasteiger charge is -2.06. The number of carbonyl (C=O) groups excluding carboxylic acids is 1. The minimum Gasteiger partial charge on any atom is -0.319 e. The van der Waals surface area contributed by atoms with E-state index >= 15 is 0 Å². The van der Waals surface area contributed by atoms with Crippen molar-refractivity contribution in [1.29, 1.82) is 0 Å². The van der Waals surface area contributed by atoms with Crippen molar-refractivity contribution >= 4 is 28.9 Å². The van der Waals surface area contributed by atoms with Gasteiger partial charge in [-0.1, -0.05) is 11.6 Å². The van der Waals surface area contributed by atoms with E-state index < -0.39 is 10.8 Å². The zero-order valence-electron chi connectivity index (χ0n) is 11.7. The second-order valence-corrected chi connectivity index (χ2v) is 4.95. The van der Waals surface area contributed by atoms with Crippen molar-refractivity contribution in [2.24, 2.45) is 7.05 Å². The predicted octanol–water partition coefficient (Wildman–Crippen LogP) is 2.85. The highest BCUT2D eigenvalue weighted by molar-refractivity contribution is 6.33. The molecule has 1 aromatic carbocycles. The molecule has 0 spiro atoms. The number of benzene rings is 1. The first kappa shape index (κ1) is 15.0. The van der Waals surface area contributed by atoms with E-state index in [0.717, 1.165) is 5.69 Å². The van der Waals surface area contributed by atoms with Gasteiger partial charge in [0, 0.05) is 18.7 Å². The van der Waals surface area contributed by atoms with Crippen LogP contribution < -0.4 is 5.32 Å². The molecular formula is C13H13ClN4O3. The molecule has 0 bridgehead atoms. The number of halogens is 1. The summed E-state index contributed by atoms with van der Waals surface area (Å²) >= 11 is 5.80. The molecule has 7 nitrogen and oxygen atoms in total. The van der Waals surface area contributed by atoms with Gasteiger partial charge in [-0.2, -0.15) is 5.10 Å². The maximum absolute atomic E-state index is 12.2. The Labute approximate surface area is 125 Å². The Bertz CT molecular complexity index is 739. The van der Waals surface area contributed by atoms with E-state index in [1.165, 1.54) is 18.2 Å². The number of aromatic nitrogens is 2. The molecule has 0 aliphatic rings. The van der Waals surface area contributed by atoms with Gasteiger partial charge in [-0.15, -0.1) is 0 Å². The number of nitro benzene ring substituents is 1. The lowest BCUT2D eigenvalue weighted by molar-refractivity contribution is -0.384. The third kappa shape index (κ3) is 2.87. The Morgan fingerprint density at radius 1 is 1.43 bits per heavy atom. The third-order valence-corrected chi connectivity index (χ3v) is 3.46. The molecule has 1 heterocycles. The number of amides is 1. The number of aryl methyl sites for hydroxylation is 2. The van der Waals surface area contributed by atoms with E-state index in [4.69, 9.17) is 11.6 Å². The van der Waals surface area contributed by atoms with Gasteiger partial charge in [-0.3, -0.25) is 19.6 Å². The number of rotatable bonds is 3. The van der Waals surface area contributed by atoms with Crippen LogP contribution in [0.3, 0.4) is 0 Å². The summed E-state index contributed by atoms with van der Waals surface area (Å²) < 4.78 is 1.66. The zero-order chi connectivity index (χ0) is 15.7. The second-order valence-electron chi connectivity index (χ2n) is 4.55. The molecule has 0 saturated heterocycles. The van der Waals surface area contributed by atoms with Gasteiger partial charge in [-0.25, -0.2) is 0 Å². The summed E-state index contributed by atoms with van der Waals surface area (Å²) in [4.78, 5) is 22.3. The van der Waals surface area contributed by atoms with Crippen LogP contribution in [0.25, 0.3) is 0 Å². The van der Waals surface area contributed by atoms with E-state index in [2.05, 4.69) is 10.4 Å². The first-order valence-electron chi connectivity index (χ1n) is 6.06. The lowest BCUT2D eigenvalue weighted by atomic mass is 10.2. The smallest absolute Gasteiger partial charge is 0.287 e. The molecule has 2 rings (SSSR count). The fraction of sp³-hybridized carbons (Fsp3) is 0.231. The van der Waals surface area contributed by atoms with E-state index in [9.17, 15) is 14.9 Å². The topological polar surface area (TPSA) is 90.1 Å². The Kier molecular flexibility index (Phi) is 3.95. The number of nitrogens with zero attached hydrogens (tertiary/aromatic N) is 3. The summed E-state index contributed by atoms with van der Waals surface area (Å²) in [5, 5.41) is 17.6. The summed E-state index contributed by atoms with van der Waals surface area (Å²) in [7, 11) is 1.78. The molecule has 1 amide bonds. The molecule has 1 N–H and O–H groups in total. The van der Waals surface area contributed by atoms with E-state index in [1.807, 2.05) is 6.92 Å². The summed E-state index contributed by atoms with van der Waals surface area (Å²) in [5.74, 6) is -0.397. The van der Waals surface area contributed by atoms with Crippen LogP contribution in [0.5, 0.6) is 0 Å². The molecule has 2 aromatic rings. The lowest BCUT2D eigenvalue weighted by Crippen LogP contribution is -2.13. The monoisotopic (exact) mass is 308 g/mol. The SMILES string of the molecule is Cc1nn(C)c(C)c1NC(=O)c1ccc([N+](=O)[O-])c(Cl)c1. The fourth-order valence-electron chi connectivity index (χ4n) is 1.94. The number of anilines is 1. The Morgan fingerprint density at radius 2 is 2.10 bits per heavy atom. The molecular weight excluding hydrogens is 296 g/mol. The molecule has 1 aromatic heterocycles. The number of hydrogen-bond acceptors (Lipinski definition) is 4. The molecule has 0 saturated carbocycles. The zero-order valence-corrected chi connectivity index (χ0v) is 12.4. The van der Waals surface area contributed by atoms with Crippen LogP contribution in [0.4, 0.5) is 11.4 Å². The maximum Gasteiger partial charge on any atom is 0.287 e. The van der Waals surface area contributed by atoms with E-state index in [-0.39, 0.29) is 16.3 Å². The first-order valence-corrected chi connectivity index (χ1v) is 6.44. The maximum atomic E-state index is 12.2. The molecule has 0 aliphatic carbocycles. The number of carbonyl (C=O) groups is 1. The Morgan fingerprint density at radius 3 is 2.57 bits per heavy atom. The second kappa shape index (κ2) is 5.53. The van der Waals surface area contributed by atoms with E-state index in [1.54, 1.807) is 18.7 Å². The van der Waals surface area contributed by atoms with Gasteiger partial charge in [0.2, 0.25) is 0 Å². The molecule has 0 unspecified atom stereocenters. The van der Waals surface area contributed by atoms with Crippen LogP contribution in [-0.2, 0) is 7.05 Å². The van der Waals surface area contributed by atoms with Crippen LogP contribution >= 0.6 is 11.6 Å². The number of nitrogens with one attached hydrogen (secondary N) is 1. The van der Waals surface area contributed by atoms with Crippen LogP contribution in [0.2, 0.25) is 5.02 Å². The van der Waals surface area contributed by atoms with Gasteiger partial charge < -0.3 is 5.32 Å². The summed E-state index contributed by atoms with van der Waals surface area (Å²) in [6.07, 6.45) is 0. The molecule has 0 aliphatic heterocycles. The summed E-state index contributed by atoms with van der Waals surface area (Å²) in [6.45, 7) is 3.61. The number of hydrogen-bond donors (Lipinski definition) is 1. The van der Waals surface area contributed by atoms with Crippen LogP contribution in [-0.4, -0.2) is 20.6 Å². The minimum atomic E-state index is -0.598. The normalized spacial score (nSPS) is 10.5. The van der Waals surface area contributed by atoms with Gasteiger partial charge in [0.25, 0.3) is 11.6 Å². The molecule has 0 atom stereocenters. The van der Waals surface area contributed by atoms with Gasteiger partial charge in [-0.05, 0) is 26.0 Å². The standard InChI is InChI=1S/C13H13ClN4O3/c1-7-12(8(2)17(3)16-7)15-13(19)9-4-5-11(18(20)21)10(14)6-9/h4-6H,1-3H3,(H,15,19). The van der Waals surface area contributed by atoms with Crippen molar-refractivity contribution in [3.63, 3.8) is 0 Å². The van der Waals surface area contributed by atoms with E-state index in [0.29, 0.717) is 11.4 Å². The van der Waals surface area contributed by atoms with Crippen molar-refractivity contribution in [2.45, 2.75) is 13.8 Å². The van der Waals surface area contributed by atoms with Crippen LogP contribution in [0.1, 0.15) is 21.7 Å². The molecule has 8 heteroatoms. The first-order chi connectivity index (χ1) is 9.81. The minimum absolute atomic E-state index is 0.0766. The summed E-state index contributed by atoms with van der Waals surface area (Å²) in [6, 6.07) is 3.84. The van der Waals surface area contributed by atoms with Crippen LogP contribution in [0.15, 0.2) is 18.2 Å². The average Bonchev–Trinajstić information content (AvgIpc) is 2.64. The molecule has 21 heavy (non-hydrogen) atoms. The van der Waals surface area contributed by atoms with Crippen LogP contribution in [0, 0.1) is 24.0 Å². The van der Waals surface area contributed by atoms with Gasteiger partial charge in [0.15, 0.2) is 0 Å².